The minimum absolute atomic E-state index is 0. The van der Waals surface area contributed by atoms with Gasteiger partial charge in [-0.25, -0.2) is 8.42 Å². The predicted octanol–water partition coefficient (Wildman–Crippen LogP) is 6.89. The van der Waals surface area contributed by atoms with Gasteiger partial charge < -0.3 is 4.55 Å². The first kappa shape index (κ1) is 34.6. The summed E-state index contributed by atoms with van der Waals surface area (Å²) < 4.78 is 36.3. The van der Waals surface area contributed by atoms with E-state index in [9.17, 15) is 13.0 Å². The molecule has 0 bridgehead atoms. The fraction of sp³-hybridized carbons (Fsp3) is 0.688. The van der Waals surface area contributed by atoms with Crippen LogP contribution in [0.2, 0.25) is 0 Å². The first-order valence-electron chi connectivity index (χ1n) is 15.0. The zero-order valence-corrected chi connectivity index (χ0v) is 27.0. The first-order valence-corrected chi connectivity index (χ1v) is 16.4. The average Bonchev–Trinajstić information content (AvgIpc) is 2.85. The van der Waals surface area contributed by atoms with Crippen molar-refractivity contribution in [2.75, 3.05) is 0 Å². The molecule has 0 fully saturated rings. The first-order chi connectivity index (χ1) is 17.5. The molecule has 2 aromatic rings. The Bertz CT molecular complexity index is 971. The van der Waals surface area contributed by atoms with Crippen LogP contribution >= 0.6 is 0 Å². The van der Waals surface area contributed by atoms with E-state index < -0.39 is 10.1 Å². The molecule has 0 amide bonds. The van der Waals surface area contributed by atoms with Gasteiger partial charge in [-0.3, -0.25) is 0 Å². The number of benzene rings is 2. The monoisotopic (exact) mass is 538 g/mol. The Balaban J connectivity index is 0.00000684. The number of aryl methyl sites for hydroxylation is 2. The fourth-order valence-electron chi connectivity index (χ4n) is 5.22. The van der Waals surface area contributed by atoms with Gasteiger partial charge in [0.05, 0.1) is 4.90 Å². The van der Waals surface area contributed by atoms with E-state index in [1.807, 2.05) is 12.1 Å². The summed E-state index contributed by atoms with van der Waals surface area (Å²) in [7, 11) is -4.51. The smallest absolute Gasteiger partial charge is 0.744 e. The molecule has 3 nitrogen and oxygen atoms in total. The maximum Gasteiger partial charge on any atom is 1.00 e. The molecular weight excluding hydrogens is 487 g/mol. The Hall–Kier alpha value is -0.390. The van der Waals surface area contributed by atoms with E-state index in [1.54, 1.807) is 6.07 Å². The molecule has 0 aromatic heterocycles. The maximum absolute atomic E-state index is 12.1. The van der Waals surface area contributed by atoms with Crippen molar-refractivity contribution in [1.29, 1.82) is 0 Å². The van der Waals surface area contributed by atoms with Crippen LogP contribution < -0.4 is 29.6 Å². The van der Waals surface area contributed by atoms with Gasteiger partial charge >= 0.3 is 29.6 Å². The second kappa shape index (κ2) is 20.5. The summed E-state index contributed by atoms with van der Waals surface area (Å²) in [5.74, 6) is 0. The Morgan fingerprint density at radius 3 is 1.46 bits per heavy atom. The fourth-order valence-corrected chi connectivity index (χ4v) is 5.96. The van der Waals surface area contributed by atoms with Crippen LogP contribution in [-0.4, -0.2) is 13.0 Å². The zero-order chi connectivity index (χ0) is 26.1. The van der Waals surface area contributed by atoms with E-state index in [-0.39, 0.29) is 34.5 Å². The van der Waals surface area contributed by atoms with Crippen molar-refractivity contribution in [2.24, 2.45) is 0 Å². The Labute approximate surface area is 250 Å². The van der Waals surface area contributed by atoms with Crippen molar-refractivity contribution in [3.05, 3.63) is 41.5 Å². The third-order valence-electron chi connectivity index (χ3n) is 7.45. The number of fused-ring (bicyclic) bond motifs is 1. The predicted molar refractivity (Wildman–Crippen MR) is 154 cm³/mol. The summed E-state index contributed by atoms with van der Waals surface area (Å²) in [6.07, 6.45) is 24.7. The number of unbranched alkanes of at least 4 members (excludes halogenated alkanes) is 16. The molecule has 0 spiro atoms. The Kier molecular flexibility index (Phi) is 19.2. The maximum atomic E-state index is 12.1. The molecule has 0 heterocycles. The molecule has 2 rings (SSSR count). The second-order valence-corrected chi connectivity index (χ2v) is 12.1. The van der Waals surface area contributed by atoms with Gasteiger partial charge in [0.2, 0.25) is 0 Å². The van der Waals surface area contributed by atoms with Gasteiger partial charge in [0.1, 0.15) is 10.1 Å². The van der Waals surface area contributed by atoms with Gasteiger partial charge in [0.25, 0.3) is 0 Å². The molecule has 0 aliphatic rings. The van der Waals surface area contributed by atoms with Gasteiger partial charge in [-0.15, -0.1) is 0 Å². The van der Waals surface area contributed by atoms with Crippen LogP contribution in [0, 0.1) is 0 Å². The summed E-state index contributed by atoms with van der Waals surface area (Å²) in [5.41, 5.74) is 2.09. The van der Waals surface area contributed by atoms with Crippen LogP contribution in [0.1, 0.15) is 141 Å². The van der Waals surface area contributed by atoms with Crippen LogP contribution in [0.4, 0.5) is 0 Å². The molecule has 5 heteroatoms. The number of rotatable bonds is 21. The van der Waals surface area contributed by atoms with Crippen LogP contribution in [0.3, 0.4) is 0 Å². The summed E-state index contributed by atoms with van der Waals surface area (Å²) in [6, 6.07) is 9.77. The standard InChI is InChI=1S/C32H52O3S.Na/c1-3-5-7-9-11-13-15-17-19-21-28-23-24-30-25-29(27-32(31(30)26-28)36(33,34)35)22-20-18-16-14-12-10-8-6-4-2;/h23-27H,3-22H2,1-2H3,(H,33,34,35);/q;+1/p-1. The Morgan fingerprint density at radius 2 is 1.00 bits per heavy atom. The minimum atomic E-state index is -4.51. The minimum Gasteiger partial charge on any atom is -0.744 e. The van der Waals surface area contributed by atoms with Crippen molar-refractivity contribution < 1.29 is 42.5 Å². The molecular formula is C32H51NaO3S. The molecule has 0 aliphatic heterocycles. The quantitative estimate of drug-likeness (QED) is 0.0987. The third-order valence-corrected chi connectivity index (χ3v) is 8.32. The topological polar surface area (TPSA) is 57.2 Å². The number of hydrogen-bond donors (Lipinski definition) is 0. The van der Waals surface area contributed by atoms with Crippen LogP contribution in [-0.2, 0) is 23.0 Å². The molecule has 0 radical (unpaired) electrons. The van der Waals surface area contributed by atoms with Gasteiger partial charge in [0, 0.05) is 0 Å². The van der Waals surface area contributed by atoms with E-state index in [0.29, 0.717) is 5.39 Å². The molecule has 204 valence electrons. The van der Waals surface area contributed by atoms with Crippen LogP contribution in [0.15, 0.2) is 35.2 Å². The van der Waals surface area contributed by atoms with E-state index in [4.69, 9.17) is 0 Å². The van der Waals surface area contributed by atoms with E-state index in [1.165, 1.54) is 96.3 Å². The zero-order valence-electron chi connectivity index (χ0n) is 24.2. The summed E-state index contributed by atoms with van der Waals surface area (Å²) in [5, 5.41) is 1.46. The summed E-state index contributed by atoms with van der Waals surface area (Å²) in [6.45, 7) is 4.49. The summed E-state index contributed by atoms with van der Waals surface area (Å²) in [4.78, 5) is -0.0418. The largest absolute Gasteiger partial charge is 1.00 e. The van der Waals surface area contributed by atoms with E-state index in [2.05, 4.69) is 26.0 Å². The van der Waals surface area contributed by atoms with Gasteiger partial charge in [-0.2, -0.15) is 0 Å². The summed E-state index contributed by atoms with van der Waals surface area (Å²) >= 11 is 0. The van der Waals surface area contributed by atoms with Crippen molar-refractivity contribution in [1.82, 2.24) is 0 Å². The molecule has 37 heavy (non-hydrogen) atoms. The van der Waals surface area contributed by atoms with E-state index in [0.717, 1.165) is 48.6 Å². The van der Waals surface area contributed by atoms with Crippen LogP contribution in [0.25, 0.3) is 10.8 Å². The van der Waals surface area contributed by atoms with Crippen LogP contribution in [0.5, 0.6) is 0 Å². The molecule has 0 aliphatic carbocycles. The molecule has 0 saturated carbocycles. The van der Waals surface area contributed by atoms with Gasteiger partial charge in [-0.1, -0.05) is 135 Å². The Morgan fingerprint density at radius 1 is 0.568 bits per heavy atom. The van der Waals surface area contributed by atoms with E-state index >= 15 is 0 Å². The molecule has 2 aromatic carbocycles. The second-order valence-electron chi connectivity index (χ2n) is 10.8. The van der Waals surface area contributed by atoms with Crippen molar-refractivity contribution in [3.8, 4) is 0 Å². The third kappa shape index (κ3) is 14.5. The van der Waals surface area contributed by atoms with Crippen molar-refractivity contribution >= 4 is 20.9 Å². The van der Waals surface area contributed by atoms with Gasteiger partial charge in [-0.05, 0) is 59.7 Å². The SMILES string of the molecule is CCCCCCCCCCCc1cc(S(=O)(=O)[O-])c2cc(CCCCCCCCCCC)ccc2c1.[Na+]. The molecule has 0 unspecified atom stereocenters. The normalized spacial score (nSPS) is 11.6. The molecule has 0 saturated heterocycles. The van der Waals surface area contributed by atoms with Crippen molar-refractivity contribution in [2.45, 2.75) is 147 Å². The van der Waals surface area contributed by atoms with Crippen molar-refractivity contribution in [3.63, 3.8) is 0 Å². The van der Waals surface area contributed by atoms with Gasteiger partial charge in [0.15, 0.2) is 0 Å². The number of hydrogen-bond acceptors (Lipinski definition) is 3. The average molecular weight is 539 g/mol. The molecule has 0 atom stereocenters. The molecule has 0 N–H and O–H groups in total.